The Morgan fingerprint density at radius 2 is 2.27 bits per heavy atom. The number of rotatable bonds is 3. The largest absolute Gasteiger partial charge is 0.462 e. The number of nitrogens with zero attached hydrogens (tertiary/aromatic N) is 2. The number of nitrogens with two attached hydrogens (primary N) is 1. The van der Waals surface area contributed by atoms with Gasteiger partial charge in [-0.25, -0.2) is 4.98 Å². The van der Waals surface area contributed by atoms with Crippen LogP contribution in [0.15, 0.2) is 28.2 Å². The Hall–Kier alpha value is -2.15. The number of piperidine rings is 1. The number of hydrogen-bond acceptors (Lipinski definition) is 5. The highest BCUT2D eigenvalue weighted by atomic mass is 32.1. The summed E-state index contributed by atoms with van der Waals surface area (Å²) in [7, 11) is 0. The molecule has 0 spiro atoms. The van der Waals surface area contributed by atoms with Crippen LogP contribution in [0.5, 0.6) is 0 Å². The van der Waals surface area contributed by atoms with E-state index in [1.807, 2.05) is 6.92 Å². The fourth-order valence-corrected chi connectivity index (χ4v) is 3.41. The summed E-state index contributed by atoms with van der Waals surface area (Å²) in [5, 5.41) is 2.39. The maximum atomic E-state index is 12.6. The highest BCUT2D eigenvalue weighted by molar-refractivity contribution is 7.13. The van der Waals surface area contributed by atoms with Gasteiger partial charge >= 0.3 is 0 Å². The molecule has 2 amide bonds. The van der Waals surface area contributed by atoms with Gasteiger partial charge in [-0.1, -0.05) is 0 Å². The first-order chi connectivity index (χ1) is 10.6. The fourth-order valence-electron chi connectivity index (χ4n) is 2.65. The van der Waals surface area contributed by atoms with Crippen molar-refractivity contribution in [3.63, 3.8) is 0 Å². The Bertz CT molecular complexity index is 680. The molecule has 0 saturated carbocycles. The predicted octanol–water partition coefficient (Wildman–Crippen LogP) is 2.13. The molecule has 2 N–H and O–H groups in total. The van der Waals surface area contributed by atoms with E-state index in [4.69, 9.17) is 10.2 Å². The van der Waals surface area contributed by atoms with Crippen LogP contribution in [0.25, 0.3) is 10.8 Å². The Morgan fingerprint density at radius 3 is 2.95 bits per heavy atom. The Morgan fingerprint density at radius 1 is 1.45 bits per heavy atom. The van der Waals surface area contributed by atoms with Crippen LogP contribution < -0.4 is 5.73 Å². The number of likely N-dealkylation sites (tertiary alicyclic amines) is 1. The molecule has 2 aromatic heterocycles. The van der Waals surface area contributed by atoms with E-state index in [2.05, 4.69) is 4.98 Å². The zero-order valence-electron chi connectivity index (χ0n) is 12.2. The summed E-state index contributed by atoms with van der Waals surface area (Å²) in [5.41, 5.74) is 5.76. The summed E-state index contributed by atoms with van der Waals surface area (Å²) in [5.74, 6) is -0.138. The van der Waals surface area contributed by atoms with Crippen LogP contribution in [0.3, 0.4) is 0 Å². The van der Waals surface area contributed by atoms with Crippen molar-refractivity contribution in [3.05, 3.63) is 29.5 Å². The van der Waals surface area contributed by atoms with E-state index >= 15 is 0 Å². The third-order valence-electron chi connectivity index (χ3n) is 4.00. The van der Waals surface area contributed by atoms with E-state index in [0.29, 0.717) is 23.0 Å². The molecule has 1 saturated heterocycles. The molecule has 7 heteroatoms. The zero-order chi connectivity index (χ0) is 15.7. The molecule has 116 valence electrons. The minimum atomic E-state index is -0.348. The normalized spacial score (nSPS) is 21.8. The van der Waals surface area contributed by atoms with Crippen LogP contribution in [0.1, 0.15) is 30.3 Å². The summed E-state index contributed by atoms with van der Waals surface area (Å²) in [6.45, 7) is 2.35. The summed E-state index contributed by atoms with van der Waals surface area (Å²) in [6, 6.07) is 3.67. The molecular formula is C15H17N3O3S. The van der Waals surface area contributed by atoms with Gasteiger partial charge in [0.2, 0.25) is 5.91 Å². The average Bonchev–Trinajstić information content (AvgIpc) is 3.17. The second-order valence-electron chi connectivity index (χ2n) is 5.50. The molecule has 3 rings (SSSR count). The van der Waals surface area contributed by atoms with Gasteiger partial charge in [0.15, 0.2) is 10.8 Å². The number of carbonyl (C=O) groups excluding carboxylic acids is 2. The van der Waals surface area contributed by atoms with Gasteiger partial charge < -0.3 is 15.1 Å². The molecule has 3 heterocycles. The summed E-state index contributed by atoms with van der Waals surface area (Å²) >= 11 is 1.36. The number of thiazole rings is 1. The molecule has 2 atom stereocenters. The molecule has 1 aliphatic rings. The minimum absolute atomic E-state index is 0.0804. The standard InChI is InChI=1S/C15H17N3O3S/c1-9-4-5-10(13(16)19)7-18(9)15(20)11-8-22-14(17-11)12-3-2-6-21-12/h2-3,6,8-10H,4-5,7H2,1H3,(H2,16,19)/t9-,10+/m1/s1. The molecule has 2 aromatic rings. The SMILES string of the molecule is C[C@@H]1CC[C@H](C(N)=O)CN1C(=O)c1csc(-c2ccco2)n1. The van der Waals surface area contributed by atoms with Crippen LogP contribution >= 0.6 is 11.3 Å². The first-order valence-electron chi connectivity index (χ1n) is 7.16. The lowest BCUT2D eigenvalue weighted by Gasteiger charge is -2.36. The third kappa shape index (κ3) is 2.76. The van der Waals surface area contributed by atoms with Crippen molar-refractivity contribution in [2.24, 2.45) is 11.7 Å². The van der Waals surface area contributed by atoms with Crippen molar-refractivity contribution in [1.82, 2.24) is 9.88 Å². The molecule has 22 heavy (non-hydrogen) atoms. The second-order valence-corrected chi connectivity index (χ2v) is 6.36. The second kappa shape index (κ2) is 5.92. The van der Waals surface area contributed by atoms with E-state index in [1.165, 1.54) is 11.3 Å². The highest BCUT2D eigenvalue weighted by Gasteiger charge is 2.33. The zero-order valence-corrected chi connectivity index (χ0v) is 13.0. The van der Waals surface area contributed by atoms with Gasteiger partial charge in [0, 0.05) is 18.0 Å². The van der Waals surface area contributed by atoms with Crippen LogP contribution in [0, 0.1) is 5.92 Å². The van der Waals surface area contributed by atoms with E-state index in [0.717, 1.165) is 12.8 Å². The molecule has 6 nitrogen and oxygen atoms in total. The molecule has 0 bridgehead atoms. The van der Waals surface area contributed by atoms with Gasteiger partial charge in [0.25, 0.3) is 5.91 Å². The Labute approximate surface area is 131 Å². The summed E-state index contributed by atoms with van der Waals surface area (Å²) < 4.78 is 5.29. The van der Waals surface area contributed by atoms with Crippen molar-refractivity contribution in [2.75, 3.05) is 6.54 Å². The maximum Gasteiger partial charge on any atom is 0.273 e. The predicted molar refractivity (Wildman–Crippen MR) is 82.2 cm³/mol. The van der Waals surface area contributed by atoms with Crippen LogP contribution in [-0.4, -0.2) is 34.3 Å². The molecule has 0 unspecified atom stereocenters. The first kappa shape index (κ1) is 14.8. The number of amides is 2. The lowest BCUT2D eigenvalue weighted by molar-refractivity contribution is -0.123. The molecule has 1 aliphatic heterocycles. The van der Waals surface area contributed by atoms with Crippen molar-refractivity contribution in [2.45, 2.75) is 25.8 Å². The van der Waals surface area contributed by atoms with Crippen molar-refractivity contribution in [3.8, 4) is 10.8 Å². The number of hydrogen-bond donors (Lipinski definition) is 1. The van der Waals surface area contributed by atoms with Gasteiger partial charge in [0.1, 0.15) is 5.69 Å². The molecule has 1 fully saturated rings. The average molecular weight is 319 g/mol. The number of primary amides is 1. The number of carbonyl (C=O) groups is 2. The monoisotopic (exact) mass is 319 g/mol. The Balaban J connectivity index is 1.79. The van der Waals surface area contributed by atoms with Gasteiger partial charge in [0.05, 0.1) is 12.2 Å². The van der Waals surface area contributed by atoms with E-state index in [1.54, 1.807) is 28.7 Å². The van der Waals surface area contributed by atoms with E-state index in [9.17, 15) is 9.59 Å². The maximum absolute atomic E-state index is 12.6. The minimum Gasteiger partial charge on any atom is -0.462 e. The lowest BCUT2D eigenvalue weighted by Crippen LogP contribution is -2.48. The van der Waals surface area contributed by atoms with Crippen LogP contribution in [-0.2, 0) is 4.79 Å². The molecule has 0 aromatic carbocycles. The molecule has 0 radical (unpaired) electrons. The number of furan rings is 1. The summed E-state index contributed by atoms with van der Waals surface area (Å²) in [6.07, 6.45) is 3.08. The van der Waals surface area contributed by atoms with Gasteiger partial charge in [-0.05, 0) is 31.9 Å². The Kier molecular flexibility index (Phi) is 3.98. The summed E-state index contributed by atoms with van der Waals surface area (Å²) in [4.78, 5) is 30.1. The fraction of sp³-hybridized carbons (Fsp3) is 0.400. The van der Waals surface area contributed by atoms with Crippen LogP contribution in [0.2, 0.25) is 0 Å². The van der Waals surface area contributed by atoms with Crippen molar-refractivity contribution < 1.29 is 14.0 Å². The topological polar surface area (TPSA) is 89.4 Å². The van der Waals surface area contributed by atoms with Gasteiger partial charge in [-0.3, -0.25) is 9.59 Å². The lowest BCUT2D eigenvalue weighted by atomic mass is 9.93. The highest BCUT2D eigenvalue weighted by Crippen LogP contribution is 2.27. The quantitative estimate of drug-likeness (QED) is 0.938. The van der Waals surface area contributed by atoms with E-state index in [-0.39, 0.29) is 23.8 Å². The molecular weight excluding hydrogens is 302 g/mol. The number of aromatic nitrogens is 1. The molecule has 0 aliphatic carbocycles. The van der Waals surface area contributed by atoms with Crippen LogP contribution in [0.4, 0.5) is 0 Å². The first-order valence-corrected chi connectivity index (χ1v) is 8.04. The van der Waals surface area contributed by atoms with Crippen molar-refractivity contribution in [1.29, 1.82) is 0 Å². The van der Waals surface area contributed by atoms with E-state index < -0.39 is 0 Å². The van der Waals surface area contributed by atoms with Gasteiger partial charge in [-0.2, -0.15) is 0 Å². The van der Waals surface area contributed by atoms with Gasteiger partial charge in [-0.15, -0.1) is 11.3 Å². The third-order valence-corrected chi connectivity index (χ3v) is 4.86. The smallest absolute Gasteiger partial charge is 0.273 e. The van der Waals surface area contributed by atoms with Crippen molar-refractivity contribution >= 4 is 23.2 Å².